The minimum atomic E-state index is 0. The first kappa shape index (κ1) is 20.0. The third kappa shape index (κ3) is 9.72. The highest BCUT2D eigenvalue weighted by molar-refractivity contribution is 5.85. The zero-order valence-corrected chi connectivity index (χ0v) is 13.4. The molecular weight excluding hydrogens is 248 g/mol. The molecule has 0 aliphatic carbocycles. The first-order valence-electron chi connectivity index (χ1n) is 6.76. The first-order chi connectivity index (χ1) is 7.77. The number of rotatable bonds is 7. The zero-order chi connectivity index (χ0) is 13.5. The molecule has 0 bridgehead atoms. The smallest absolute Gasteiger partial charge is 0.220 e. The van der Waals surface area contributed by atoms with Crippen molar-refractivity contribution < 1.29 is 4.79 Å². The SMILES string of the molecule is CC(C)CCC(NC(=O)CCCN)C(C)(C)C.Cl. The Morgan fingerprint density at radius 1 is 1.22 bits per heavy atom. The lowest BCUT2D eigenvalue weighted by Crippen LogP contribution is -2.43. The summed E-state index contributed by atoms with van der Waals surface area (Å²) in [4.78, 5) is 11.7. The van der Waals surface area contributed by atoms with Gasteiger partial charge in [-0.25, -0.2) is 0 Å². The minimum Gasteiger partial charge on any atom is -0.353 e. The van der Waals surface area contributed by atoms with E-state index < -0.39 is 0 Å². The molecule has 0 rings (SSSR count). The highest BCUT2D eigenvalue weighted by atomic mass is 35.5. The number of nitrogens with one attached hydrogen (secondary N) is 1. The van der Waals surface area contributed by atoms with Gasteiger partial charge in [-0.15, -0.1) is 12.4 Å². The molecular formula is C14H31ClN2O. The van der Waals surface area contributed by atoms with E-state index in [-0.39, 0.29) is 29.8 Å². The Kier molecular flexibility index (Phi) is 10.7. The Labute approximate surface area is 119 Å². The molecule has 0 heterocycles. The second-order valence-corrected chi connectivity index (χ2v) is 6.35. The van der Waals surface area contributed by atoms with Crippen molar-refractivity contribution in [3.8, 4) is 0 Å². The summed E-state index contributed by atoms with van der Waals surface area (Å²) in [5.74, 6) is 0.819. The number of hydrogen-bond acceptors (Lipinski definition) is 2. The van der Waals surface area contributed by atoms with E-state index in [1.54, 1.807) is 0 Å². The molecule has 0 fully saturated rings. The molecule has 1 amide bonds. The summed E-state index contributed by atoms with van der Waals surface area (Å²) in [5, 5.41) is 3.15. The van der Waals surface area contributed by atoms with Crippen LogP contribution in [0.5, 0.6) is 0 Å². The average molecular weight is 279 g/mol. The number of halogens is 1. The van der Waals surface area contributed by atoms with Gasteiger partial charge in [0, 0.05) is 12.5 Å². The molecule has 0 aliphatic rings. The van der Waals surface area contributed by atoms with Crippen LogP contribution in [0.2, 0.25) is 0 Å². The van der Waals surface area contributed by atoms with Crippen molar-refractivity contribution in [2.75, 3.05) is 6.54 Å². The molecule has 0 saturated heterocycles. The number of carbonyl (C=O) groups excluding carboxylic acids is 1. The maximum Gasteiger partial charge on any atom is 0.220 e. The van der Waals surface area contributed by atoms with E-state index in [9.17, 15) is 4.79 Å². The summed E-state index contributed by atoms with van der Waals surface area (Å²) >= 11 is 0. The van der Waals surface area contributed by atoms with Gasteiger partial charge in [0.25, 0.3) is 0 Å². The average Bonchev–Trinajstić information content (AvgIpc) is 2.19. The van der Waals surface area contributed by atoms with E-state index in [2.05, 4.69) is 39.9 Å². The van der Waals surface area contributed by atoms with Crippen LogP contribution in [-0.4, -0.2) is 18.5 Å². The van der Waals surface area contributed by atoms with Gasteiger partial charge >= 0.3 is 0 Å². The molecule has 0 aromatic carbocycles. The van der Waals surface area contributed by atoms with Gasteiger partial charge in [-0.05, 0) is 37.1 Å². The molecule has 3 N–H and O–H groups in total. The van der Waals surface area contributed by atoms with Gasteiger partial charge in [-0.2, -0.15) is 0 Å². The van der Waals surface area contributed by atoms with Crippen molar-refractivity contribution in [3.63, 3.8) is 0 Å². The summed E-state index contributed by atoms with van der Waals surface area (Å²) < 4.78 is 0. The van der Waals surface area contributed by atoms with Gasteiger partial charge in [-0.1, -0.05) is 34.6 Å². The van der Waals surface area contributed by atoms with E-state index >= 15 is 0 Å². The largest absolute Gasteiger partial charge is 0.353 e. The fourth-order valence-electron chi connectivity index (χ4n) is 1.75. The fourth-order valence-corrected chi connectivity index (χ4v) is 1.75. The lowest BCUT2D eigenvalue weighted by molar-refractivity contribution is -0.122. The van der Waals surface area contributed by atoms with Crippen LogP contribution in [0.4, 0.5) is 0 Å². The summed E-state index contributed by atoms with van der Waals surface area (Å²) in [6, 6.07) is 0.259. The maximum atomic E-state index is 11.7. The van der Waals surface area contributed by atoms with Crippen LogP contribution in [0, 0.1) is 11.3 Å². The lowest BCUT2D eigenvalue weighted by atomic mass is 9.82. The summed E-state index contributed by atoms with van der Waals surface area (Å²) in [5.41, 5.74) is 5.53. The molecule has 1 atom stereocenters. The van der Waals surface area contributed by atoms with Crippen LogP contribution < -0.4 is 11.1 Å². The van der Waals surface area contributed by atoms with E-state index in [0.717, 1.165) is 19.3 Å². The van der Waals surface area contributed by atoms with Crippen LogP contribution in [0.1, 0.15) is 60.3 Å². The first-order valence-corrected chi connectivity index (χ1v) is 6.76. The third-order valence-corrected chi connectivity index (χ3v) is 3.02. The highest BCUT2D eigenvalue weighted by Crippen LogP contribution is 2.24. The van der Waals surface area contributed by atoms with Crippen molar-refractivity contribution >= 4 is 18.3 Å². The Morgan fingerprint density at radius 3 is 2.17 bits per heavy atom. The highest BCUT2D eigenvalue weighted by Gasteiger charge is 2.25. The molecule has 3 nitrogen and oxygen atoms in total. The van der Waals surface area contributed by atoms with Gasteiger partial charge in [0.1, 0.15) is 0 Å². The molecule has 0 saturated carbocycles. The number of amides is 1. The van der Waals surface area contributed by atoms with E-state index in [0.29, 0.717) is 18.9 Å². The summed E-state index contributed by atoms with van der Waals surface area (Å²) in [7, 11) is 0. The zero-order valence-electron chi connectivity index (χ0n) is 12.6. The second kappa shape index (κ2) is 9.62. The standard InChI is InChI=1S/C14H30N2O.ClH/c1-11(2)8-9-12(14(3,4)5)16-13(17)7-6-10-15;/h11-12H,6-10,15H2,1-5H3,(H,16,17);1H. The van der Waals surface area contributed by atoms with Crippen molar-refractivity contribution in [1.29, 1.82) is 0 Å². The van der Waals surface area contributed by atoms with E-state index in [4.69, 9.17) is 5.73 Å². The normalized spacial score (nSPS) is 13.1. The molecule has 4 heteroatoms. The Morgan fingerprint density at radius 2 is 1.78 bits per heavy atom. The van der Waals surface area contributed by atoms with Gasteiger partial charge in [0.05, 0.1) is 0 Å². The van der Waals surface area contributed by atoms with Gasteiger partial charge < -0.3 is 11.1 Å². The summed E-state index contributed by atoms with van der Waals surface area (Å²) in [6.07, 6.45) is 3.52. The molecule has 110 valence electrons. The maximum absolute atomic E-state index is 11.7. The van der Waals surface area contributed by atoms with Crippen LogP contribution in [0.25, 0.3) is 0 Å². The van der Waals surface area contributed by atoms with Crippen molar-refractivity contribution in [2.45, 2.75) is 66.3 Å². The molecule has 0 aromatic rings. The Balaban J connectivity index is 0. The van der Waals surface area contributed by atoms with Crippen molar-refractivity contribution in [1.82, 2.24) is 5.32 Å². The number of carbonyl (C=O) groups is 1. The van der Waals surface area contributed by atoms with Gasteiger partial charge in [0.2, 0.25) is 5.91 Å². The second-order valence-electron chi connectivity index (χ2n) is 6.35. The molecule has 1 unspecified atom stereocenters. The molecule has 0 spiro atoms. The number of nitrogens with two attached hydrogens (primary N) is 1. The van der Waals surface area contributed by atoms with Crippen LogP contribution in [0.15, 0.2) is 0 Å². The van der Waals surface area contributed by atoms with Crippen molar-refractivity contribution in [3.05, 3.63) is 0 Å². The van der Waals surface area contributed by atoms with Crippen LogP contribution in [0.3, 0.4) is 0 Å². The topological polar surface area (TPSA) is 55.1 Å². The third-order valence-electron chi connectivity index (χ3n) is 3.02. The Hall–Kier alpha value is -0.280. The predicted octanol–water partition coefficient (Wildman–Crippen LogP) is 3.11. The molecule has 18 heavy (non-hydrogen) atoms. The van der Waals surface area contributed by atoms with Crippen LogP contribution >= 0.6 is 12.4 Å². The van der Waals surface area contributed by atoms with Crippen molar-refractivity contribution in [2.24, 2.45) is 17.1 Å². The molecule has 0 aromatic heterocycles. The molecule has 0 aliphatic heterocycles. The fraction of sp³-hybridized carbons (Fsp3) is 0.929. The summed E-state index contributed by atoms with van der Waals surface area (Å²) in [6.45, 7) is 11.6. The Bertz CT molecular complexity index is 224. The van der Waals surface area contributed by atoms with Crippen LogP contribution in [-0.2, 0) is 4.79 Å². The van der Waals surface area contributed by atoms with E-state index in [1.165, 1.54) is 0 Å². The lowest BCUT2D eigenvalue weighted by Gasteiger charge is -2.32. The quantitative estimate of drug-likeness (QED) is 0.752. The monoisotopic (exact) mass is 278 g/mol. The predicted molar refractivity (Wildman–Crippen MR) is 81.0 cm³/mol. The van der Waals surface area contributed by atoms with E-state index in [1.807, 2.05) is 0 Å². The molecule has 0 radical (unpaired) electrons. The van der Waals surface area contributed by atoms with Gasteiger partial charge in [-0.3, -0.25) is 4.79 Å². The minimum absolute atomic E-state index is 0. The number of hydrogen-bond donors (Lipinski definition) is 2. The van der Waals surface area contributed by atoms with Gasteiger partial charge in [0.15, 0.2) is 0 Å².